The second-order valence-corrected chi connectivity index (χ2v) is 11.7. The summed E-state index contributed by atoms with van der Waals surface area (Å²) in [4.78, 5) is 31.3. The Hall–Kier alpha value is -2.68. The van der Waals surface area contributed by atoms with E-state index in [9.17, 15) is 9.59 Å². The normalized spacial score (nSPS) is 21.8. The molecule has 2 aliphatic heterocycles. The van der Waals surface area contributed by atoms with Gasteiger partial charge in [-0.3, -0.25) is 19.4 Å². The number of anilines is 2. The Kier molecular flexibility index (Phi) is 6.82. The van der Waals surface area contributed by atoms with Gasteiger partial charge in [0.05, 0.1) is 22.7 Å². The lowest BCUT2D eigenvalue weighted by Crippen LogP contribution is -2.47. The van der Waals surface area contributed by atoms with Crippen molar-refractivity contribution in [2.24, 2.45) is 11.8 Å². The standard InChI is InChI=1S/C28H31ClN4O3S/c1-18-12-21(13-18)28(35)36-17-33-24-16-23(29)19(14-20(24)15-26(33)34)6-7-31-8-10-32(11-9-31)27-22-4-2-3-5-25(22)37-30-27/h2-5,14,16,18,21H,6-13,15,17H2,1H3. The maximum atomic E-state index is 12.7. The average molecular weight is 539 g/mol. The van der Waals surface area contributed by atoms with E-state index in [1.165, 1.54) is 10.1 Å². The smallest absolute Gasteiger partial charge is 0.310 e. The number of carbonyl (C=O) groups excluding carboxylic acids is 2. The van der Waals surface area contributed by atoms with Crippen LogP contribution in [-0.4, -0.2) is 60.6 Å². The van der Waals surface area contributed by atoms with Crippen molar-refractivity contribution in [3.8, 4) is 0 Å². The number of amides is 1. The molecule has 0 bridgehead atoms. The van der Waals surface area contributed by atoms with Crippen molar-refractivity contribution in [2.45, 2.75) is 32.6 Å². The SMILES string of the molecule is CC1CC(C(=O)OCN2C(=O)Cc3cc(CCN4CCN(c5nsc6ccccc56)CC4)c(Cl)cc32)C1. The third kappa shape index (κ3) is 4.94. The maximum absolute atomic E-state index is 12.7. The minimum Gasteiger partial charge on any atom is -0.444 e. The number of esters is 1. The van der Waals surface area contributed by atoms with Crippen LogP contribution < -0.4 is 9.80 Å². The summed E-state index contributed by atoms with van der Waals surface area (Å²) in [6, 6.07) is 12.3. The average Bonchev–Trinajstić information content (AvgIpc) is 3.44. The topological polar surface area (TPSA) is 66.0 Å². The van der Waals surface area contributed by atoms with E-state index in [1.54, 1.807) is 16.4 Å². The molecule has 1 saturated carbocycles. The van der Waals surface area contributed by atoms with Crippen LogP contribution >= 0.6 is 23.1 Å². The van der Waals surface area contributed by atoms with Crippen molar-refractivity contribution in [2.75, 3.05) is 49.3 Å². The number of halogens is 1. The van der Waals surface area contributed by atoms with Crippen molar-refractivity contribution in [1.29, 1.82) is 0 Å². The second kappa shape index (κ2) is 10.2. The summed E-state index contributed by atoms with van der Waals surface area (Å²) < 4.78 is 11.4. The molecule has 2 fully saturated rings. The van der Waals surface area contributed by atoms with Crippen LogP contribution in [0.5, 0.6) is 0 Å². The summed E-state index contributed by atoms with van der Waals surface area (Å²) in [5, 5.41) is 1.90. The summed E-state index contributed by atoms with van der Waals surface area (Å²) in [5.41, 5.74) is 2.78. The molecule has 0 spiro atoms. The van der Waals surface area contributed by atoms with E-state index in [2.05, 4.69) is 47.1 Å². The molecule has 194 valence electrons. The zero-order valence-electron chi connectivity index (χ0n) is 21.0. The van der Waals surface area contributed by atoms with E-state index in [-0.39, 0.29) is 24.5 Å². The van der Waals surface area contributed by atoms with Crippen molar-refractivity contribution < 1.29 is 14.3 Å². The minimum absolute atomic E-state index is 0.0270. The number of aromatic nitrogens is 1. The van der Waals surface area contributed by atoms with Gasteiger partial charge in [0.15, 0.2) is 6.73 Å². The Bertz CT molecular complexity index is 1330. The fourth-order valence-corrected chi connectivity index (χ4v) is 6.73. The number of hydrogen-bond acceptors (Lipinski definition) is 7. The van der Waals surface area contributed by atoms with Gasteiger partial charge in [0.2, 0.25) is 5.91 Å². The third-order valence-electron chi connectivity index (χ3n) is 7.95. The van der Waals surface area contributed by atoms with E-state index in [1.807, 2.05) is 6.07 Å². The molecule has 1 aliphatic carbocycles. The molecule has 9 heteroatoms. The summed E-state index contributed by atoms with van der Waals surface area (Å²) >= 11 is 8.23. The number of nitrogens with zero attached hydrogens (tertiary/aromatic N) is 4. The van der Waals surface area contributed by atoms with E-state index in [0.717, 1.165) is 74.6 Å². The highest BCUT2D eigenvalue weighted by molar-refractivity contribution is 7.13. The number of fused-ring (bicyclic) bond motifs is 2. The molecular weight excluding hydrogens is 508 g/mol. The first kappa shape index (κ1) is 24.6. The molecule has 0 atom stereocenters. The molecular formula is C28H31ClN4O3S. The fourth-order valence-electron chi connectivity index (χ4n) is 5.68. The quantitative estimate of drug-likeness (QED) is 0.404. The van der Waals surface area contributed by atoms with Crippen LogP contribution in [0.15, 0.2) is 36.4 Å². The Labute approximate surface area is 226 Å². The van der Waals surface area contributed by atoms with Crippen LogP contribution in [0.4, 0.5) is 11.5 Å². The highest BCUT2D eigenvalue weighted by atomic mass is 35.5. The number of ether oxygens (including phenoxy) is 1. The first-order valence-electron chi connectivity index (χ1n) is 13.1. The summed E-state index contributed by atoms with van der Waals surface area (Å²) in [6.45, 7) is 6.87. The van der Waals surface area contributed by atoms with Crippen molar-refractivity contribution in [1.82, 2.24) is 9.27 Å². The predicted molar refractivity (Wildman–Crippen MR) is 147 cm³/mol. The monoisotopic (exact) mass is 538 g/mol. The molecule has 3 heterocycles. The molecule has 1 aromatic heterocycles. The van der Waals surface area contributed by atoms with Gasteiger partial charge >= 0.3 is 5.97 Å². The first-order chi connectivity index (χ1) is 18.0. The highest BCUT2D eigenvalue weighted by Gasteiger charge is 2.35. The van der Waals surface area contributed by atoms with Crippen LogP contribution in [0.2, 0.25) is 5.02 Å². The lowest BCUT2D eigenvalue weighted by Gasteiger charge is -2.35. The molecule has 7 nitrogen and oxygen atoms in total. The van der Waals surface area contributed by atoms with Gasteiger partial charge in [0.25, 0.3) is 0 Å². The minimum atomic E-state index is -0.204. The molecule has 1 amide bonds. The van der Waals surface area contributed by atoms with Crippen molar-refractivity contribution in [3.05, 3.63) is 52.5 Å². The molecule has 3 aliphatic rings. The van der Waals surface area contributed by atoms with Gasteiger partial charge in [-0.05, 0) is 66.0 Å². The zero-order valence-corrected chi connectivity index (χ0v) is 22.6. The van der Waals surface area contributed by atoms with E-state index < -0.39 is 0 Å². The highest BCUT2D eigenvalue weighted by Crippen LogP contribution is 2.36. The molecule has 0 N–H and O–H groups in total. The number of hydrogen-bond donors (Lipinski definition) is 0. The van der Waals surface area contributed by atoms with Gasteiger partial charge in [-0.25, -0.2) is 0 Å². The lowest BCUT2D eigenvalue weighted by molar-refractivity contribution is -0.153. The van der Waals surface area contributed by atoms with Crippen molar-refractivity contribution in [3.63, 3.8) is 0 Å². The van der Waals surface area contributed by atoms with Crippen LogP contribution in [0.25, 0.3) is 10.1 Å². The Morgan fingerprint density at radius 1 is 1.16 bits per heavy atom. The first-order valence-corrected chi connectivity index (χ1v) is 14.2. The Balaban J connectivity index is 1.04. The molecule has 6 rings (SSSR count). The van der Waals surface area contributed by atoms with Crippen molar-refractivity contribution >= 4 is 56.6 Å². The Morgan fingerprint density at radius 2 is 1.95 bits per heavy atom. The Morgan fingerprint density at radius 3 is 2.73 bits per heavy atom. The number of benzene rings is 2. The number of rotatable bonds is 7. The van der Waals surface area contributed by atoms with E-state index >= 15 is 0 Å². The second-order valence-electron chi connectivity index (χ2n) is 10.5. The van der Waals surface area contributed by atoms with Gasteiger partial charge in [-0.2, -0.15) is 4.37 Å². The molecule has 3 aromatic rings. The molecule has 37 heavy (non-hydrogen) atoms. The van der Waals surface area contributed by atoms with Crippen LogP contribution in [-0.2, 0) is 27.2 Å². The van der Waals surface area contributed by atoms with Gasteiger partial charge in [0.1, 0.15) is 5.82 Å². The van der Waals surface area contributed by atoms with Crippen LogP contribution in [0, 0.1) is 11.8 Å². The predicted octanol–water partition coefficient (Wildman–Crippen LogP) is 4.75. The van der Waals surface area contributed by atoms with E-state index in [0.29, 0.717) is 17.4 Å². The van der Waals surface area contributed by atoms with Gasteiger partial charge in [0, 0.05) is 43.1 Å². The maximum Gasteiger partial charge on any atom is 0.310 e. The number of piperazine rings is 1. The number of carbonyl (C=O) groups is 2. The van der Waals surface area contributed by atoms with Crippen LogP contribution in [0.3, 0.4) is 0 Å². The van der Waals surface area contributed by atoms with Gasteiger partial charge < -0.3 is 9.64 Å². The molecule has 2 aromatic carbocycles. The third-order valence-corrected chi connectivity index (χ3v) is 9.12. The lowest BCUT2D eigenvalue weighted by atomic mass is 9.76. The van der Waals surface area contributed by atoms with Gasteiger partial charge in [-0.1, -0.05) is 36.7 Å². The van der Waals surface area contributed by atoms with Crippen LogP contribution in [0.1, 0.15) is 30.9 Å². The van der Waals surface area contributed by atoms with Gasteiger partial charge in [-0.15, -0.1) is 0 Å². The fraction of sp³-hybridized carbons (Fsp3) is 0.464. The molecule has 0 unspecified atom stereocenters. The van der Waals surface area contributed by atoms with E-state index in [4.69, 9.17) is 20.7 Å². The molecule has 0 radical (unpaired) electrons. The molecule has 1 saturated heterocycles. The summed E-state index contributed by atoms with van der Waals surface area (Å²) in [7, 11) is 0. The zero-order chi connectivity index (χ0) is 25.5. The summed E-state index contributed by atoms with van der Waals surface area (Å²) in [6.07, 6.45) is 2.89. The largest absolute Gasteiger partial charge is 0.444 e. The summed E-state index contributed by atoms with van der Waals surface area (Å²) in [5.74, 6) is 1.39.